The fourth-order valence-corrected chi connectivity index (χ4v) is 4.69. The van der Waals surface area contributed by atoms with E-state index in [-0.39, 0.29) is 12.2 Å². The van der Waals surface area contributed by atoms with Gasteiger partial charge in [0.25, 0.3) is 0 Å². The Labute approximate surface area is 194 Å². The van der Waals surface area contributed by atoms with Gasteiger partial charge in [-0.25, -0.2) is 13.6 Å². The van der Waals surface area contributed by atoms with E-state index in [1.54, 1.807) is 42.5 Å². The van der Waals surface area contributed by atoms with Gasteiger partial charge in [-0.15, -0.1) is 0 Å². The maximum absolute atomic E-state index is 13.0. The van der Waals surface area contributed by atoms with E-state index in [0.717, 1.165) is 5.56 Å². The third-order valence-electron chi connectivity index (χ3n) is 5.37. The van der Waals surface area contributed by atoms with Crippen molar-refractivity contribution in [3.05, 3.63) is 82.9 Å². The number of alkyl halides is 2. The van der Waals surface area contributed by atoms with Crippen molar-refractivity contribution in [2.24, 2.45) is 5.14 Å². The summed E-state index contributed by atoms with van der Waals surface area (Å²) in [6.45, 7) is -3.04. The molecule has 3 aromatic rings. The van der Waals surface area contributed by atoms with Crippen LogP contribution in [0.25, 0.3) is 11.1 Å². The van der Waals surface area contributed by atoms with E-state index in [2.05, 4.69) is 0 Å². The summed E-state index contributed by atoms with van der Waals surface area (Å²) in [5, 5.41) is 14.2. The molecule has 0 bridgehead atoms. The first-order valence-corrected chi connectivity index (χ1v) is 12.0. The van der Waals surface area contributed by atoms with Crippen LogP contribution < -0.4 is 14.6 Å². The number of carbonyl (C=O) groups is 1. The monoisotopic (exact) mass is 489 g/mol. The Morgan fingerprint density at radius 1 is 1.09 bits per heavy atom. The minimum atomic E-state index is -3.81. The van der Waals surface area contributed by atoms with E-state index < -0.39 is 34.5 Å². The molecule has 34 heavy (non-hydrogen) atoms. The summed E-state index contributed by atoms with van der Waals surface area (Å²) >= 11 is 0. The van der Waals surface area contributed by atoms with Gasteiger partial charge in [-0.1, -0.05) is 48.5 Å². The predicted molar refractivity (Wildman–Crippen MR) is 120 cm³/mol. The number of rotatable bonds is 8. The van der Waals surface area contributed by atoms with Gasteiger partial charge in [-0.05, 0) is 40.8 Å². The number of carboxylic acid groups (broad SMARTS) is 1. The van der Waals surface area contributed by atoms with Gasteiger partial charge in [-0.3, -0.25) is 4.79 Å². The van der Waals surface area contributed by atoms with Crippen molar-refractivity contribution in [1.29, 1.82) is 0 Å². The number of hydrogen-bond acceptors (Lipinski definition) is 5. The fourth-order valence-electron chi connectivity index (χ4n) is 4.05. The predicted octanol–water partition coefficient (Wildman–Crippen LogP) is 4.24. The molecule has 1 aliphatic heterocycles. The standard InChI is InChI=1S/C24H21F2NO6S/c25-24(26)33-20-6-2-5-19-22(20)17-9-7-15(13-34(27,30)31)12-18(17)23(32-19)16-4-1-3-14(11-16)8-10-21(28)29/h1-7,9,11-12,23-24H,8,10,13H2,(H,28,29)(H2,27,30,31). The van der Waals surface area contributed by atoms with Gasteiger partial charge in [0.2, 0.25) is 10.0 Å². The second kappa shape index (κ2) is 9.40. The van der Waals surface area contributed by atoms with E-state index >= 15 is 0 Å². The number of fused-ring (bicyclic) bond motifs is 3. The molecular weight excluding hydrogens is 468 g/mol. The summed E-state index contributed by atoms with van der Waals surface area (Å²) in [5.74, 6) is -1.07. The van der Waals surface area contributed by atoms with E-state index in [9.17, 15) is 22.0 Å². The Kier molecular flexibility index (Phi) is 6.54. The highest BCUT2D eigenvalue weighted by Crippen LogP contribution is 2.49. The number of nitrogens with two attached hydrogens (primary N) is 1. The maximum atomic E-state index is 13.0. The van der Waals surface area contributed by atoms with Crippen LogP contribution >= 0.6 is 0 Å². The molecule has 0 fully saturated rings. The largest absolute Gasteiger partial charge is 0.481 e. The quantitative estimate of drug-likeness (QED) is 0.489. The highest BCUT2D eigenvalue weighted by molar-refractivity contribution is 7.88. The van der Waals surface area contributed by atoms with Crippen LogP contribution in [0.5, 0.6) is 11.5 Å². The zero-order chi connectivity index (χ0) is 24.5. The van der Waals surface area contributed by atoms with Gasteiger partial charge < -0.3 is 14.6 Å². The third-order valence-corrected chi connectivity index (χ3v) is 6.10. The molecule has 1 heterocycles. The number of benzene rings is 3. The zero-order valence-electron chi connectivity index (χ0n) is 17.8. The van der Waals surface area contributed by atoms with Crippen LogP contribution in [0, 0.1) is 0 Å². The number of sulfonamides is 1. The highest BCUT2D eigenvalue weighted by atomic mass is 32.2. The molecule has 0 spiro atoms. The average molecular weight is 489 g/mol. The molecule has 0 aromatic heterocycles. The summed E-state index contributed by atoms with van der Waals surface area (Å²) in [6, 6.07) is 16.6. The van der Waals surface area contributed by atoms with E-state index in [1.165, 1.54) is 12.1 Å². The molecule has 4 rings (SSSR count). The zero-order valence-corrected chi connectivity index (χ0v) is 18.6. The average Bonchev–Trinajstić information content (AvgIpc) is 2.76. The molecule has 0 aliphatic carbocycles. The number of aliphatic carboxylic acids is 1. The lowest BCUT2D eigenvalue weighted by Crippen LogP contribution is -2.18. The molecule has 0 amide bonds. The lowest BCUT2D eigenvalue weighted by Gasteiger charge is -2.31. The van der Waals surface area contributed by atoms with Crippen LogP contribution in [0.2, 0.25) is 0 Å². The molecule has 3 aromatic carbocycles. The van der Waals surface area contributed by atoms with Gasteiger partial charge in [0.1, 0.15) is 17.6 Å². The molecule has 1 unspecified atom stereocenters. The van der Waals surface area contributed by atoms with Crippen molar-refractivity contribution in [1.82, 2.24) is 0 Å². The van der Waals surface area contributed by atoms with Crippen LogP contribution in [0.1, 0.15) is 34.8 Å². The van der Waals surface area contributed by atoms with Crippen LogP contribution in [-0.4, -0.2) is 26.1 Å². The van der Waals surface area contributed by atoms with Gasteiger partial charge in [0.15, 0.2) is 0 Å². The Morgan fingerprint density at radius 2 is 1.85 bits per heavy atom. The topological polar surface area (TPSA) is 116 Å². The normalized spacial score (nSPS) is 14.8. The van der Waals surface area contributed by atoms with Crippen molar-refractivity contribution in [3.8, 4) is 22.6 Å². The molecule has 1 atom stereocenters. The molecule has 178 valence electrons. The Balaban J connectivity index is 1.84. The summed E-state index contributed by atoms with van der Waals surface area (Å²) in [5.41, 5.74) is 3.32. The van der Waals surface area contributed by atoms with Gasteiger partial charge in [0, 0.05) is 12.0 Å². The smallest absolute Gasteiger partial charge is 0.387 e. The van der Waals surface area contributed by atoms with Crippen molar-refractivity contribution in [3.63, 3.8) is 0 Å². The van der Waals surface area contributed by atoms with Gasteiger partial charge >= 0.3 is 12.6 Å². The Hall–Kier alpha value is -3.50. The fraction of sp³-hybridized carbons (Fsp3) is 0.208. The van der Waals surface area contributed by atoms with E-state index in [1.807, 2.05) is 6.07 Å². The highest BCUT2D eigenvalue weighted by Gasteiger charge is 2.31. The summed E-state index contributed by atoms with van der Waals surface area (Å²) in [4.78, 5) is 11.0. The molecule has 1 aliphatic rings. The molecule has 0 saturated carbocycles. The molecule has 3 N–H and O–H groups in total. The molecule has 0 radical (unpaired) electrons. The molecule has 7 nitrogen and oxygen atoms in total. The number of carboxylic acids is 1. The van der Waals surface area contributed by atoms with Crippen LogP contribution in [0.15, 0.2) is 60.7 Å². The van der Waals surface area contributed by atoms with Crippen molar-refractivity contribution in [2.75, 3.05) is 0 Å². The van der Waals surface area contributed by atoms with E-state index in [4.69, 9.17) is 19.7 Å². The Morgan fingerprint density at radius 3 is 2.56 bits per heavy atom. The van der Waals surface area contributed by atoms with Gasteiger partial charge in [-0.2, -0.15) is 8.78 Å². The van der Waals surface area contributed by atoms with Crippen molar-refractivity contribution >= 4 is 16.0 Å². The Bertz CT molecular complexity index is 1340. The third kappa shape index (κ3) is 5.35. The van der Waals surface area contributed by atoms with Crippen molar-refractivity contribution < 1.29 is 36.6 Å². The van der Waals surface area contributed by atoms with Crippen LogP contribution in [-0.2, 0) is 27.0 Å². The summed E-state index contributed by atoms with van der Waals surface area (Å²) in [7, 11) is -3.81. The number of primary sulfonamides is 1. The number of aryl methyl sites for hydroxylation is 1. The summed E-state index contributed by atoms with van der Waals surface area (Å²) in [6.07, 6.45) is -0.423. The second-order valence-corrected chi connectivity index (χ2v) is 9.49. The molecule has 0 saturated heterocycles. The summed E-state index contributed by atoms with van der Waals surface area (Å²) < 4.78 is 60.3. The first kappa shape index (κ1) is 23.7. The van der Waals surface area contributed by atoms with Crippen molar-refractivity contribution in [2.45, 2.75) is 31.3 Å². The van der Waals surface area contributed by atoms with Crippen LogP contribution in [0.3, 0.4) is 0 Å². The molecule has 10 heteroatoms. The van der Waals surface area contributed by atoms with E-state index in [0.29, 0.717) is 40.0 Å². The number of ether oxygens (including phenoxy) is 2. The first-order chi connectivity index (χ1) is 16.1. The second-order valence-electron chi connectivity index (χ2n) is 7.87. The lowest BCUT2D eigenvalue weighted by molar-refractivity contribution is -0.136. The van der Waals surface area contributed by atoms with Crippen LogP contribution in [0.4, 0.5) is 8.78 Å². The number of hydrogen-bond donors (Lipinski definition) is 2. The maximum Gasteiger partial charge on any atom is 0.387 e. The molecular formula is C24H21F2NO6S. The number of halogens is 2. The minimum Gasteiger partial charge on any atom is -0.481 e. The SMILES string of the molecule is NS(=O)(=O)Cc1ccc2c(c1)C(c1cccc(CCC(=O)O)c1)Oc1cccc(OC(F)F)c1-2. The minimum absolute atomic E-state index is 0.0404. The van der Waals surface area contributed by atoms with Gasteiger partial charge in [0.05, 0.1) is 11.3 Å². The lowest BCUT2D eigenvalue weighted by atomic mass is 9.87. The first-order valence-electron chi connectivity index (χ1n) is 10.3.